The number of aryl methyl sites for hydroxylation is 1. The van der Waals surface area contributed by atoms with Crippen molar-refractivity contribution in [3.63, 3.8) is 0 Å². The lowest BCUT2D eigenvalue weighted by Crippen LogP contribution is -2.46. The molecule has 9 heteroatoms. The minimum absolute atomic E-state index is 0.0283. The van der Waals surface area contributed by atoms with Gasteiger partial charge in [0.05, 0.1) is 5.52 Å². The number of carbonyl (C=O) groups excluding carboxylic acids is 2. The molecule has 41 heavy (non-hydrogen) atoms. The molecule has 1 fully saturated rings. The topological polar surface area (TPSA) is 72.8 Å². The average molecular weight is 562 g/mol. The summed E-state index contributed by atoms with van der Waals surface area (Å²) in [7, 11) is 7.52. The monoisotopic (exact) mass is 561 g/mol. The van der Waals surface area contributed by atoms with Crippen LogP contribution in [0.25, 0.3) is 10.9 Å². The Balaban J connectivity index is 1.51. The first-order valence-corrected chi connectivity index (χ1v) is 14.4. The zero-order valence-corrected chi connectivity index (χ0v) is 24.6. The number of benzene rings is 2. The number of methoxy groups -OCH3 is 1. The molecule has 2 heterocycles. The molecule has 7 nitrogen and oxygen atoms in total. The fourth-order valence-electron chi connectivity index (χ4n) is 5.60. The number of halogens is 1. The second kappa shape index (κ2) is 13.6. The van der Waals surface area contributed by atoms with E-state index in [1.165, 1.54) is 6.07 Å². The summed E-state index contributed by atoms with van der Waals surface area (Å²) in [6, 6.07) is 14.1. The van der Waals surface area contributed by atoms with E-state index in [-0.39, 0.29) is 24.1 Å². The van der Waals surface area contributed by atoms with E-state index in [4.69, 9.17) is 17.3 Å². The normalized spacial score (nSPS) is 16.5. The van der Waals surface area contributed by atoms with Gasteiger partial charge in [0.1, 0.15) is 19.3 Å². The first-order chi connectivity index (χ1) is 19.5. The molecule has 0 saturated carbocycles. The van der Waals surface area contributed by atoms with Gasteiger partial charge in [0.2, 0.25) is 5.91 Å². The number of nitrogens with one attached hydrogen (secondary N) is 1. The fourth-order valence-corrected chi connectivity index (χ4v) is 5.60. The molecular weight excluding hydrogens is 520 g/mol. The molecule has 4 rings (SSSR count). The van der Waals surface area contributed by atoms with Crippen LogP contribution in [0.2, 0.25) is 0 Å². The van der Waals surface area contributed by atoms with Crippen LogP contribution in [0.4, 0.5) is 9.18 Å². The zero-order chi connectivity index (χ0) is 29.6. The largest absolute Gasteiger partial charge is 0.444 e. The highest BCUT2D eigenvalue weighted by Gasteiger charge is 2.30. The molecule has 2 amide bonds. The summed E-state index contributed by atoms with van der Waals surface area (Å²) in [4.78, 5) is 28.2. The smallest absolute Gasteiger partial charge is 0.407 e. The number of piperidine rings is 1. The molecule has 1 aliphatic heterocycles. The van der Waals surface area contributed by atoms with Gasteiger partial charge in [0.15, 0.2) is 0 Å². The lowest BCUT2D eigenvalue weighted by molar-refractivity contribution is -0.132. The summed E-state index contributed by atoms with van der Waals surface area (Å²) < 4.78 is 27.7. The van der Waals surface area contributed by atoms with Crippen molar-refractivity contribution >= 4 is 36.2 Å². The Hall–Kier alpha value is -3.33. The van der Waals surface area contributed by atoms with Crippen molar-refractivity contribution in [2.24, 2.45) is 0 Å². The lowest BCUT2D eigenvalue weighted by Gasteiger charge is -2.34. The third-order valence-corrected chi connectivity index (χ3v) is 7.45. The highest BCUT2D eigenvalue weighted by molar-refractivity contribution is 6.32. The number of alkyl carbamates (subject to hydrolysis) is 1. The molecule has 3 aromatic rings. The van der Waals surface area contributed by atoms with Gasteiger partial charge in [-0.15, -0.1) is 0 Å². The van der Waals surface area contributed by atoms with Crippen LogP contribution in [0.15, 0.2) is 48.5 Å². The summed E-state index contributed by atoms with van der Waals surface area (Å²) in [6.45, 7) is 7.94. The fraction of sp³-hybridized carbons (Fsp3) is 0.500. The predicted molar refractivity (Wildman–Crippen MR) is 160 cm³/mol. The maximum atomic E-state index is 14.7. The molecule has 0 bridgehead atoms. The third-order valence-electron chi connectivity index (χ3n) is 7.45. The maximum absolute atomic E-state index is 14.7. The molecule has 0 spiro atoms. The van der Waals surface area contributed by atoms with Gasteiger partial charge in [-0.25, -0.2) is 9.18 Å². The number of hydrogen-bond donors (Lipinski definition) is 1. The SMILES string of the molecule is [B]c1ccc(C[C@H](CC(=O)N2CCCC(c3cc4c(F)cccc4n3CCCOC)C2)NC(=O)OC(C)(C)C)cc1. The summed E-state index contributed by atoms with van der Waals surface area (Å²) in [5, 5.41) is 3.52. The summed E-state index contributed by atoms with van der Waals surface area (Å²) in [6.07, 6.45) is 2.63. The van der Waals surface area contributed by atoms with Crippen molar-refractivity contribution in [2.75, 3.05) is 26.8 Å². The van der Waals surface area contributed by atoms with Crippen molar-refractivity contribution in [1.82, 2.24) is 14.8 Å². The van der Waals surface area contributed by atoms with Gasteiger partial charge >= 0.3 is 6.09 Å². The van der Waals surface area contributed by atoms with Crippen molar-refractivity contribution in [3.05, 3.63) is 65.6 Å². The van der Waals surface area contributed by atoms with Gasteiger partial charge in [0, 0.05) is 62.8 Å². The van der Waals surface area contributed by atoms with Gasteiger partial charge in [-0.2, -0.15) is 0 Å². The Kier molecular flexibility index (Phi) is 10.1. The van der Waals surface area contributed by atoms with Gasteiger partial charge in [0.25, 0.3) is 0 Å². The van der Waals surface area contributed by atoms with Crippen LogP contribution in [0, 0.1) is 5.82 Å². The summed E-state index contributed by atoms with van der Waals surface area (Å²) in [5.41, 5.74) is 2.88. The quantitative estimate of drug-likeness (QED) is 0.284. The number of fused-ring (bicyclic) bond motifs is 1. The summed E-state index contributed by atoms with van der Waals surface area (Å²) >= 11 is 0. The van der Waals surface area contributed by atoms with Crippen LogP contribution in [-0.2, 0) is 27.2 Å². The van der Waals surface area contributed by atoms with Crippen LogP contribution in [-0.4, -0.2) is 67.8 Å². The molecule has 0 aliphatic carbocycles. The van der Waals surface area contributed by atoms with E-state index in [0.29, 0.717) is 43.5 Å². The van der Waals surface area contributed by atoms with E-state index in [1.54, 1.807) is 33.9 Å². The number of rotatable bonds is 10. The molecule has 218 valence electrons. The first-order valence-electron chi connectivity index (χ1n) is 14.4. The molecule has 1 N–H and O–H groups in total. The second-order valence-corrected chi connectivity index (χ2v) is 11.9. The Labute approximate surface area is 243 Å². The number of amides is 2. The molecule has 1 saturated heterocycles. The molecule has 1 aliphatic rings. The van der Waals surface area contributed by atoms with E-state index in [0.717, 1.165) is 36.0 Å². The first kappa shape index (κ1) is 30.6. The van der Waals surface area contributed by atoms with Crippen molar-refractivity contribution in [3.8, 4) is 0 Å². The third kappa shape index (κ3) is 8.35. The number of likely N-dealkylation sites (tertiary alicyclic amines) is 1. The van der Waals surface area contributed by atoms with Crippen LogP contribution >= 0.6 is 0 Å². The van der Waals surface area contributed by atoms with Crippen LogP contribution in [0.1, 0.15) is 63.6 Å². The minimum atomic E-state index is -0.652. The Bertz CT molecular complexity index is 1340. The Morgan fingerprint density at radius 2 is 1.93 bits per heavy atom. The van der Waals surface area contributed by atoms with E-state index >= 15 is 0 Å². The summed E-state index contributed by atoms with van der Waals surface area (Å²) in [5.74, 6) is -0.187. The number of nitrogens with zero attached hydrogens (tertiary/aromatic N) is 2. The standard InChI is InChI=1S/C32H41BFN3O4/c1-32(2,3)41-31(39)35-25(18-22-11-13-24(33)14-12-22)19-30(38)36-15-6-8-23(21-36)29-20-26-27(34)9-5-10-28(26)37(29)16-7-17-40-4/h5,9-14,20,23,25H,6-8,15-19,21H2,1-4H3,(H,35,39)/t23?,25-/m1/s1. The highest BCUT2D eigenvalue weighted by Crippen LogP contribution is 2.33. The van der Waals surface area contributed by atoms with Gasteiger partial charge in [-0.3, -0.25) is 4.79 Å². The number of hydrogen-bond acceptors (Lipinski definition) is 4. The number of ether oxygens (including phenoxy) is 2. The van der Waals surface area contributed by atoms with E-state index in [1.807, 2.05) is 41.3 Å². The maximum Gasteiger partial charge on any atom is 0.407 e. The van der Waals surface area contributed by atoms with E-state index in [2.05, 4.69) is 9.88 Å². The molecular formula is C32H41BFN3O4. The highest BCUT2D eigenvalue weighted by atomic mass is 19.1. The second-order valence-electron chi connectivity index (χ2n) is 11.9. The molecule has 2 radical (unpaired) electrons. The van der Waals surface area contributed by atoms with Crippen LogP contribution in [0.5, 0.6) is 0 Å². The van der Waals surface area contributed by atoms with Crippen molar-refractivity contribution in [1.29, 1.82) is 0 Å². The molecule has 1 aromatic heterocycles. The van der Waals surface area contributed by atoms with Crippen molar-refractivity contribution in [2.45, 2.75) is 77.0 Å². The van der Waals surface area contributed by atoms with E-state index in [9.17, 15) is 14.0 Å². The molecule has 1 unspecified atom stereocenters. The minimum Gasteiger partial charge on any atom is -0.444 e. The average Bonchev–Trinajstić information content (AvgIpc) is 3.29. The van der Waals surface area contributed by atoms with Crippen LogP contribution in [0.3, 0.4) is 0 Å². The van der Waals surface area contributed by atoms with E-state index < -0.39 is 17.7 Å². The Morgan fingerprint density at radius 1 is 1.17 bits per heavy atom. The van der Waals surface area contributed by atoms with Gasteiger partial charge < -0.3 is 24.3 Å². The van der Waals surface area contributed by atoms with Crippen LogP contribution < -0.4 is 10.8 Å². The lowest BCUT2D eigenvalue weighted by atomic mass is 9.92. The Morgan fingerprint density at radius 3 is 2.63 bits per heavy atom. The zero-order valence-electron chi connectivity index (χ0n) is 24.6. The molecule has 2 atom stereocenters. The number of aromatic nitrogens is 1. The predicted octanol–water partition coefficient (Wildman–Crippen LogP) is 4.84. The van der Waals surface area contributed by atoms with Gasteiger partial charge in [-0.1, -0.05) is 35.8 Å². The van der Waals surface area contributed by atoms with Gasteiger partial charge in [-0.05, 0) is 70.2 Å². The molecule has 2 aromatic carbocycles. The van der Waals surface area contributed by atoms with Crippen molar-refractivity contribution < 1.29 is 23.5 Å². The number of carbonyl (C=O) groups is 2.